The van der Waals surface area contributed by atoms with Crippen LogP contribution in [0.15, 0.2) is 29.3 Å². The van der Waals surface area contributed by atoms with Crippen molar-refractivity contribution in [3.8, 4) is 5.75 Å². The van der Waals surface area contributed by atoms with Gasteiger partial charge in [0, 0.05) is 25.6 Å². The van der Waals surface area contributed by atoms with E-state index in [2.05, 4.69) is 15.6 Å². The molecule has 0 atom stereocenters. The van der Waals surface area contributed by atoms with Gasteiger partial charge in [-0.05, 0) is 25.5 Å². The highest BCUT2D eigenvalue weighted by molar-refractivity contribution is 14.0. The predicted molar refractivity (Wildman–Crippen MR) is 123 cm³/mol. The summed E-state index contributed by atoms with van der Waals surface area (Å²) in [6.07, 6.45) is 0. The average Bonchev–Trinajstić information content (AvgIpc) is 2.58. The van der Waals surface area contributed by atoms with Gasteiger partial charge >= 0.3 is 0 Å². The minimum Gasteiger partial charge on any atom is -0.491 e. The molecule has 2 N–H and O–H groups in total. The second kappa shape index (κ2) is 12.8. The number of aryl methyl sites for hydroxylation is 1. The standard InChI is InChI=1S/C20H34N4O2.HI/c1-7-21-19(23-13-12-22-18(25)20(3,4)5)24(6)14-15-26-17-11-9-8-10-16(17)2;/h8-11H,7,12-15H2,1-6H3,(H,21,23)(H,22,25);1H. The summed E-state index contributed by atoms with van der Waals surface area (Å²) in [7, 11) is 1.98. The van der Waals surface area contributed by atoms with Gasteiger partial charge in [-0.1, -0.05) is 39.0 Å². The van der Waals surface area contributed by atoms with E-state index in [-0.39, 0.29) is 35.3 Å². The summed E-state index contributed by atoms with van der Waals surface area (Å²) in [4.78, 5) is 18.5. The van der Waals surface area contributed by atoms with Crippen molar-refractivity contribution >= 4 is 35.8 Å². The lowest BCUT2D eigenvalue weighted by Gasteiger charge is -2.22. The summed E-state index contributed by atoms with van der Waals surface area (Å²) < 4.78 is 5.85. The Morgan fingerprint density at radius 1 is 1.22 bits per heavy atom. The maximum Gasteiger partial charge on any atom is 0.225 e. The molecule has 0 bridgehead atoms. The van der Waals surface area contributed by atoms with Crippen molar-refractivity contribution in [2.75, 3.05) is 39.8 Å². The molecule has 1 rings (SSSR count). The summed E-state index contributed by atoms with van der Waals surface area (Å²) in [6, 6.07) is 8.00. The fraction of sp³-hybridized carbons (Fsp3) is 0.600. The van der Waals surface area contributed by atoms with E-state index < -0.39 is 0 Å². The van der Waals surface area contributed by atoms with Crippen LogP contribution >= 0.6 is 24.0 Å². The van der Waals surface area contributed by atoms with Crippen molar-refractivity contribution in [3.63, 3.8) is 0 Å². The zero-order valence-electron chi connectivity index (χ0n) is 17.5. The zero-order valence-corrected chi connectivity index (χ0v) is 19.8. The molecule has 0 saturated carbocycles. The van der Waals surface area contributed by atoms with Crippen molar-refractivity contribution in [1.82, 2.24) is 15.5 Å². The van der Waals surface area contributed by atoms with Gasteiger partial charge < -0.3 is 20.3 Å². The fourth-order valence-corrected chi connectivity index (χ4v) is 2.18. The molecule has 0 aliphatic heterocycles. The second-order valence-corrected chi connectivity index (χ2v) is 7.28. The number of benzene rings is 1. The third kappa shape index (κ3) is 9.83. The summed E-state index contributed by atoms with van der Waals surface area (Å²) in [5, 5.41) is 6.18. The van der Waals surface area contributed by atoms with Crippen LogP contribution in [0.25, 0.3) is 0 Å². The molecule has 0 fully saturated rings. The van der Waals surface area contributed by atoms with Crippen LogP contribution in [-0.4, -0.2) is 56.6 Å². The van der Waals surface area contributed by atoms with Gasteiger partial charge in [-0.15, -0.1) is 24.0 Å². The molecule has 0 radical (unpaired) electrons. The number of aliphatic imine (C=N–C) groups is 1. The first-order valence-corrected chi connectivity index (χ1v) is 9.22. The van der Waals surface area contributed by atoms with Crippen LogP contribution in [0.1, 0.15) is 33.3 Å². The van der Waals surface area contributed by atoms with E-state index >= 15 is 0 Å². The fourth-order valence-electron chi connectivity index (χ4n) is 2.18. The molecular formula is C20H35IN4O2. The molecule has 1 aromatic carbocycles. The topological polar surface area (TPSA) is 66.0 Å². The van der Waals surface area contributed by atoms with Gasteiger partial charge in [0.2, 0.25) is 5.91 Å². The number of ether oxygens (including phenoxy) is 1. The number of nitrogens with one attached hydrogen (secondary N) is 2. The minimum absolute atomic E-state index is 0. The Morgan fingerprint density at radius 3 is 2.48 bits per heavy atom. The van der Waals surface area contributed by atoms with E-state index in [1.807, 2.05) is 70.8 Å². The first-order chi connectivity index (χ1) is 12.3. The maximum atomic E-state index is 11.9. The van der Waals surface area contributed by atoms with E-state index in [1.165, 1.54) is 0 Å². The van der Waals surface area contributed by atoms with Crippen molar-refractivity contribution < 1.29 is 9.53 Å². The number of hydrogen-bond donors (Lipinski definition) is 2. The van der Waals surface area contributed by atoms with E-state index in [0.29, 0.717) is 26.2 Å². The zero-order chi connectivity index (χ0) is 19.6. The summed E-state index contributed by atoms with van der Waals surface area (Å²) in [5.74, 6) is 1.76. The summed E-state index contributed by atoms with van der Waals surface area (Å²) >= 11 is 0. The van der Waals surface area contributed by atoms with Crippen molar-refractivity contribution in [3.05, 3.63) is 29.8 Å². The van der Waals surface area contributed by atoms with Crippen LogP contribution in [0, 0.1) is 12.3 Å². The molecule has 0 spiro atoms. The Bertz CT molecular complexity index is 600. The summed E-state index contributed by atoms with van der Waals surface area (Å²) in [6.45, 7) is 12.9. The monoisotopic (exact) mass is 490 g/mol. The number of hydrogen-bond acceptors (Lipinski definition) is 3. The minimum atomic E-state index is -0.377. The largest absolute Gasteiger partial charge is 0.491 e. The number of rotatable bonds is 8. The number of carbonyl (C=O) groups excluding carboxylic acids is 1. The van der Waals surface area contributed by atoms with E-state index in [9.17, 15) is 4.79 Å². The summed E-state index contributed by atoms with van der Waals surface area (Å²) in [5.41, 5.74) is 0.753. The molecule has 1 amide bonds. The molecule has 7 heteroatoms. The molecular weight excluding hydrogens is 455 g/mol. The molecule has 0 heterocycles. The van der Waals surface area contributed by atoms with Crippen molar-refractivity contribution in [2.24, 2.45) is 10.4 Å². The lowest BCUT2D eigenvalue weighted by Crippen LogP contribution is -2.41. The second-order valence-electron chi connectivity index (χ2n) is 7.28. The predicted octanol–water partition coefficient (Wildman–Crippen LogP) is 3.05. The van der Waals surface area contributed by atoms with Gasteiger partial charge in [0.1, 0.15) is 12.4 Å². The Balaban J connectivity index is 0.00000676. The van der Waals surface area contributed by atoms with Gasteiger partial charge in [0.05, 0.1) is 13.1 Å². The quantitative estimate of drug-likeness (QED) is 0.255. The van der Waals surface area contributed by atoms with Crippen molar-refractivity contribution in [1.29, 1.82) is 0 Å². The average molecular weight is 490 g/mol. The number of nitrogens with zero attached hydrogens (tertiary/aromatic N) is 2. The van der Waals surface area contributed by atoms with Crippen LogP contribution in [0.2, 0.25) is 0 Å². The molecule has 0 aromatic heterocycles. The highest BCUT2D eigenvalue weighted by Gasteiger charge is 2.20. The normalized spacial score (nSPS) is 11.4. The smallest absolute Gasteiger partial charge is 0.225 e. The van der Waals surface area contributed by atoms with E-state index in [0.717, 1.165) is 23.8 Å². The van der Waals surface area contributed by atoms with Crippen LogP contribution in [0.4, 0.5) is 0 Å². The first kappa shape index (κ1) is 25.5. The molecule has 154 valence electrons. The molecule has 27 heavy (non-hydrogen) atoms. The Hall–Kier alpha value is -1.51. The van der Waals surface area contributed by atoms with Gasteiger partial charge in [-0.3, -0.25) is 9.79 Å². The van der Waals surface area contributed by atoms with Crippen LogP contribution < -0.4 is 15.4 Å². The third-order valence-corrected chi connectivity index (χ3v) is 3.81. The van der Waals surface area contributed by atoms with Gasteiger partial charge in [0.25, 0.3) is 0 Å². The Labute approximate surface area is 181 Å². The van der Waals surface area contributed by atoms with Gasteiger partial charge in [-0.25, -0.2) is 0 Å². The lowest BCUT2D eigenvalue weighted by atomic mass is 9.96. The number of carbonyl (C=O) groups is 1. The number of likely N-dealkylation sites (N-methyl/N-ethyl adjacent to an activating group) is 1. The molecule has 1 aromatic rings. The molecule has 0 unspecified atom stereocenters. The Kier molecular flexibility index (Phi) is 12.1. The highest BCUT2D eigenvalue weighted by Crippen LogP contribution is 2.15. The van der Waals surface area contributed by atoms with Gasteiger partial charge in [0.15, 0.2) is 5.96 Å². The van der Waals surface area contributed by atoms with E-state index in [1.54, 1.807) is 0 Å². The van der Waals surface area contributed by atoms with Crippen LogP contribution in [0.3, 0.4) is 0 Å². The van der Waals surface area contributed by atoms with Crippen LogP contribution in [-0.2, 0) is 4.79 Å². The maximum absolute atomic E-state index is 11.9. The number of halogens is 1. The third-order valence-electron chi connectivity index (χ3n) is 3.81. The van der Waals surface area contributed by atoms with Gasteiger partial charge in [-0.2, -0.15) is 0 Å². The first-order valence-electron chi connectivity index (χ1n) is 9.22. The van der Waals surface area contributed by atoms with Crippen molar-refractivity contribution in [2.45, 2.75) is 34.6 Å². The molecule has 0 saturated heterocycles. The lowest BCUT2D eigenvalue weighted by molar-refractivity contribution is -0.128. The number of guanidine groups is 1. The number of amides is 1. The van der Waals surface area contributed by atoms with E-state index in [4.69, 9.17) is 4.74 Å². The SMILES string of the molecule is CCNC(=NCCNC(=O)C(C)(C)C)N(C)CCOc1ccccc1C.I. The number of para-hydroxylation sites is 1. The Morgan fingerprint density at radius 2 is 1.89 bits per heavy atom. The molecule has 0 aliphatic carbocycles. The molecule has 6 nitrogen and oxygen atoms in total. The highest BCUT2D eigenvalue weighted by atomic mass is 127. The van der Waals surface area contributed by atoms with Crippen LogP contribution in [0.5, 0.6) is 5.75 Å². The molecule has 0 aliphatic rings.